The van der Waals surface area contributed by atoms with Crippen molar-refractivity contribution in [3.63, 3.8) is 0 Å². The summed E-state index contributed by atoms with van der Waals surface area (Å²) in [5, 5.41) is 10.1. The fourth-order valence-electron chi connectivity index (χ4n) is 2.66. The standard InChI is InChI=1S/C18H15BrClN3OS/c1-10-15(17(24)22-14-4-2-3-13(20)9-14)16(23-18(25)21-10)11-5-7-12(19)8-6-11/h2-9,16H,1H3,(H,22,24)(H2,21,23,25)/t16-/m0/s1. The Morgan fingerprint density at radius 2 is 1.96 bits per heavy atom. The third-order valence-electron chi connectivity index (χ3n) is 3.80. The summed E-state index contributed by atoms with van der Waals surface area (Å²) < 4.78 is 0.971. The number of thiocarbonyl (C=S) groups is 1. The Bertz CT molecular complexity index is 867. The number of benzene rings is 2. The fraction of sp³-hybridized carbons (Fsp3) is 0.111. The second kappa shape index (κ2) is 7.56. The predicted molar refractivity (Wildman–Crippen MR) is 109 cm³/mol. The number of carbonyl (C=O) groups excluding carboxylic acids is 1. The molecule has 1 atom stereocenters. The molecular weight excluding hydrogens is 422 g/mol. The Balaban J connectivity index is 1.94. The number of hydrogen-bond acceptors (Lipinski definition) is 2. The summed E-state index contributed by atoms with van der Waals surface area (Å²) in [5.74, 6) is -0.213. The Labute approximate surface area is 164 Å². The summed E-state index contributed by atoms with van der Waals surface area (Å²) in [6.07, 6.45) is 0. The largest absolute Gasteiger partial charge is 0.351 e. The third-order valence-corrected chi connectivity index (χ3v) is 4.78. The molecule has 0 saturated carbocycles. The van der Waals surface area contributed by atoms with Crippen LogP contribution in [0.5, 0.6) is 0 Å². The van der Waals surface area contributed by atoms with Crippen LogP contribution in [0.3, 0.4) is 0 Å². The van der Waals surface area contributed by atoms with Crippen molar-refractivity contribution in [1.82, 2.24) is 10.6 Å². The lowest BCUT2D eigenvalue weighted by Crippen LogP contribution is -2.45. The molecule has 0 fully saturated rings. The van der Waals surface area contributed by atoms with Crippen LogP contribution in [0.1, 0.15) is 18.5 Å². The lowest BCUT2D eigenvalue weighted by atomic mass is 9.95. The molecule has 4 nitrogen and oxygen atoms in total. The third kappa shape index (κ3) is 4.21. The second-order valence-electron chi connectivity index (χ2n) is 5.59. The molecule has 1 aliphatic rings. The van der Waals surface area contributed by atoms with E-state index in [0.29, 0.717) is 21.4 Å². The molecule has 3 N–H and O–H groups in total. The van der Waals surface area contributed by atoms with E-state index in [9.17, 15) is 4.79 Å². The highest BCUT2D eigenvalue weighted by Crippen LogP contribution is 2.29. The van der Waals surface area contributed by atoms with E-state index >= 15 is 0 Å². The predicted octanol–water partition coefficient (Wildman–Crippen LogP) is 4.53. The number of halogens is 2. The molecule has 0 saturated heterocycles. The van der Waals surface area contributed by atoms with Crippen molar-refractivity contribution in [1.29, 1.82) is 0 Å². The van der Waals surface area contributed by atoms with E-state index in [4.69, 9.17) is 23.8 Å². The molecule has 7 heteroatoms. The average Bonchev–Trinajstić information content (AvgIpc) is 2.54. The number of carbonyl (C=O) groups is 1. The van der Waals surface area contributed by atoms with Gasteiger partial charge in [0.05, 0.1) is 11.6 Å². The first-order chi connectivity index (χ1) is 11.9. The van der Waals surface area contributed by atoms with Gasteiger partial charge in [-0.15, -0.1) is 0 Å². The molecule has 0 unspecified atom stereocenters. The van der Waals surface area contributed by atoms with E-state index in [0.717, 1.165) is 15.7 Å². The summed E-state index contributed by atoms with van der Waals surface area (Å²) in [6.45, 7) is 1.84. The van der Waals surface area contributed by atoms with Gasteiger partial charge in [0.1, 0.15) is 0 Å². The van der Waals surface area contributed by atoms with Gasteiger partial charge < -0.3 is 16.0 Å². The number of rotatable bonds is 3. The SMILES string of the molecule is CC1=C(C(=O)Nc2cccc(Cl)c2)[C@H](c2ccc(Br)cc2)NC(=S)N1. The number of amides is 1. The number of allylic oxidation sites excluding steroid dienone is 1. The van der Waals surface area contributed by atoms with Crippen molar-refractivity contribution < 1.29 is 4.79 Å². The van der Waals surface area contributed by atoms with Crippen LogP contribution in [-0.4, -0.2) is 11.0 Å². The number of anilines is 1. The van der Waals surface area contributed by atoms with Crippen LogP contribution in [0.25, 0.3) is 0 Å². The second-order valence-corrected chi connectivity index (χ2v) is 7.35. The van der Waals surface area contributed by atoms with Crippen LogP contribution in [-0.2, 0) is 4.79 Å². The van der Waals surface area contributed by atoms with Crippen LogP contribution < -0.4 is 16.0 Å². The number of nitrogens with one attached hydrogen (secondary N) is 3. The molecule has 0 bridgehead atoms. The monoisotopic (exact) mass is 435 g/mol. The summed E-state index contributed by atoms with van der Waals surface area (Å²) in [4.78, 5) is 12.9. The maximum atomic E-state index is 12.9. The van der Waals surface area contributed by atoms with Crippen molar-refractivity contribution in [3.05, 3.63) is 74.9 Å². The lowest BCUT2D eigenvalue weighted by Gasteiger charge is -2.30. The molecule has 0 aliphatic carbocycles. The van der Waals surface area contributed by atoms with Crippen LogP contribution in [0.4, 0.5) is 5.69 Å². The minimum Gasteiger partial charge on any atom is -0.351 e. The van der Waals surface area contributed by atoms with E-state index < -0.39 is 0 Å². The first-order valence-electron chi connectivity index (χ1n) is 7.54. The molecule has 3 rings (SSSR count). The van der Waals surface area contributed by atoms with Crippen LogP contribution in [0, 0.1) is 0 Å². The molecule has 1 heterocycles. The molecule has 2 aromatic carbocycles. The minimum atomic E-state index is -0.332. The minimum absolute atomic E-state index is 0.213. The quantitative estimate of drug-likeness (QED) is 0.619. The van der Waals surface area contributed by atoms with Crippen molar-refractivity contribution in [3.8, 4) is 0 Å². The maximum Gasteiger partial charge on any atom is 0.255 e. The molecule has 25 heavy (non-hydrogen) atoms. The Hall–Kier alpha value is -1.89. The van der Waals surface area contributed by atoms with E-state index in [1.807, 2.05) is 31.2 Å². The van der Waals surface area contributed by atoms with E-state index in [2.05, 4.69) is 31.9 Å². The van der Waals surface area contributed by atoms with Gasteiger partial charge >= 0.3 is 0 Å². The Kier molecular flexibility index (Phi) is 5.42. The summed E-state index contributed by atoms with van der Waals surface area (Å²) in [7, 11) is 0. The maximum absolute atomic E-state index is 12.9. The zero-order valence-electron chi connectivity index (χ0n) is 13.3. The van der Waals surface area contributed by atoms with Crippen LogP contribution in [0.15, 0.2) is 64.3 Å². The van der Waals surface area contributed by atoms with E-state index in [1.54, 1.807) is 24.3 Å². The zero-order chi connectivity index (χ0) is 18.0. The Morgan fingerprint density at radius 3 is 2.64 bits per heavy atom. The van der Waals surface area contributed by atoms with Gasteiger partial charge in [0.2, 0.25) is 0 Å². The molecule has 1 aliphatic heterocycles. The van der Waals surface area contributed by atoms with Crippen LogP contribution in [0.2, 0.25) is 5.02 Å². The van der Waals surface area contributed by atoms with Gasteiger partial charge in [-0.3, -0.25) is 4.79 Å². The highest BCUT2D eigenvalue weighted by molar-refractivity contribution is 9.10. The highest BCUT2D eigenvalue weighted by atomic mass is 79.9. The molecule has 2 aromatic rings. The Morgan fingerprint density at radius 1 is 1.24 bits per heavy atom. The first-order valence-corrected chi connectivity index (χ1v) is 9.12. The van der Waals surface area contributed by atoms with Gasteiger partial charge in [0, 0.05) is 20.9 Å². The summed E-state index contributed by atoms with van der Waals surface area (Å²) >= 11 is 14.7. The van der Waals surface area contributed by atoms with E-state index in [1.165, 1.54) is 0 Å². The summed E-state index contributed by atoms with van der Waals surface area (Å²) in [5.41, 5.74) is 2.88. The first kappa shape index (κ1) is 17.9. The van der Waals surface area contributed by atoms with Gasteiger partial charge in [-0.05, 0) is 55.0 Å². The highest BCUT2D eigenvalue weighted by Gasteiger charge is 2.29. The molecule has 1 amide bonds. The molecule has 128 valence electrons. The fourth-order valence-corrected chi connectivity index (χ4v) is 3.39. The molecule has 0 radical (unpaired) electrons. The lowest BCUT2D eigenvalue weighted by molar-refractivity contribution is -0.113. The van der Waals surface area contributed by atoms with Gasteiger partial charge in [0.25, 0.3) is 5.91 Å². The normalized spacial score (nSPS) is 16.9. The van der Waals surface area contributed by atoms with Gasteiger partial charge in [-0.1, -0.05) is 45.7 Å². The van der Waals surface area contributed by atoms with Crippen molar-refractivity contribution in [2.75, 3.05) is 5.32 Å². The average molecular weight is 437 g/mol. The molecular formula is C18H15BrClN3OS. The molecule has 0 aromatic heterocycles. The summed E-state index contributed by atoms with van der Waals surface area (Å²) in [6, 6.07) is 14.5. The van der Waals surface area contributed by atoms with Gasteiger partial charge in [-0.25, -0.2) is 0 Å². The van der Waals surface area contributed by atoms with Crippen molar-refractivity contribution >= 4 is 56.5 Å². The van der Waals surface area contributed by atoms with Gasteiger partial charge in [-0.2, -0.15) is 0 Å². The van der Waals surface area contributed by atoms with Crippen LogP contribution >= 0.6 is 39.7 Å². The molecule has 0 spiro atoms. The van der Waals surface area contributed by atoms with Gasteiger partial charge in [0.15, 0.2) is 5.11 Å². The topological polar surface area (TPSA) is 53.2 Å². The number of hydrogen-bond donors (Lipinski definition) is 3. The zero-order valence-corrected chi connectivity index (χ0v) is 16.4. The van der Waals surface area contributed by atoms with Crippen molar-refractivity contribution in [2.45, 2.75) is 13.0 Å². The van der Waals surface area contributed by atoms with E-state index in [-0.39, 0.29) is 11.9 Å². The smallest absolute Gasteiger partial charge is 0.255 e. The van der Waals surface area contributed by atoms with Crippen molar-refractivity contribution in [2.24, 2.45) is 0 Å².